The van der Waals surface area contributed by atoms with Gasteiger partial charge in [-0.15, -0.1) is 0 Å². The van der Waals surface area contributed by atoms with Gasteiger partial charge < -0.3 is 19.3 Å². The molecule has 30 heavy (non-hydrogen) atoms. The van der Waals surface area contributed by atoms with E-state index in [0.29, 0.717) is 65.4 Å². The molecular formula is C24H28N2O4. The highest BCUT2D eigenvalue weighted by Gasteiger charge is 2.21. The summed E-state index contributed by atoms with van der Waals surface area (Å²) in [6.45, 7) is 4.97. The van der Waals surface area contributed by atoms with Crippen molar-refractivity contribution in [2.45, 2.75) is 12.8 Å². The van der Waals surface area contributed by atoms with Crippen LogP contribution in [0.25, 0.3) is 11.1 Å². The summed E-state index contributed by atoms with van der Waals surface area (Å²) >= 11 is 0. The Morgan fingerprint density at radius 2 is 1.00 bits per heavy atom. The van der Waals surface area contributed by atoms with E-state index in [9.17, 15) is 9.59 Å². The zero-order valence-corrected chi connectivity index (χ0v) is 17.2. The molecule has 2 aromatic rings. The topological polar surface area (TPSA) is 59.1 Å². The van der Waals surface area contributed by atoms with Crippen molar-refractivity contribution in [3.63, 3.8) is 0 Å². The van der Waals surface area contributed by atoms with Gasteiger partial charge in [0.15, 0.2) is 0 Å². The van der Waals surface area contributed by atoms with E-state index in [0.717, 1.165) is 22.3 Å². The van der Waals surface area contributed by atoms with Crippen LogP contribution < -0.4 is 0 Å². The van der Waals surface area contributed by atoms with Crippen LogP contribution in [0.4, 0.5) is 0 Å². The Kier molecular flexibility index (Phi) is 6.77. The van der Waals surface area contributed by atoms with E-state index in [1.807, 2.05) is 58.3 Å². The van der Waals surface area contributed by atoms with Crippen LogP contribution in [-0.2, 0) is 31.9 Å². The van der Waals surface area contributed by atoms with E-state index in [1.54, 1.807) is 0 Å². The lowest BCUT2D eigenvalue weighted by atomic mass is 9.92. The van der Waals surface area contributed by atoms with E-state index in [-0.39, 0.29) is 11.8 Å². The van der Waals surface area contributed by atoms with Gasteiger partial charge in [-0.3, -0.25) is 9.59 Å². The lowest BCUT2D eigenvalue weighted by Gasteiger charge is -2.28. The summed E-state index contributed by atoms with van der Waals surface area (Å²) in [7, 11) is 0. The molecule has 0 unspecified atom stereocenters. The number of amides is 2. The molecule has 0 aromatic heterocycles. The number of morpholine rings is 2. The van der Waals surface area contributed by atoms with Gasteiger partial charge in [0.1, 0.15) is 0 Å². The SMILES string of the molecule is O=C(Cc1ccccc1-c1ccccc1CC(=O)N1CCOCC1)N1CCOCC1. The molecule has 0 bridgehead atoms. The normalized spacial score (nSPS) is 17.1. The van der Waals surface area contributed by atoms with Gasteiger partial charge in [0, 0.05) is 26.2 Å². The van der Waals surface area contributed by atoms with Crippen molar-refractivity contribution in [3.8, 4) is 11.1 Å². The van der Waals surface area contributed by atoms with Crippen molar-refractivity contribution in [3.05, 3.63) is 59.7 Å². The molecule has 2 fully saturated rings. The fourth-order valence-corrected chi connectivity index (χ4v) is 4.05. The number of carbonyl (C=O) groups excluding carboxylic acids is 2. The minimum Gasteiger partial charge on any atom is -0.378 e. The Morgan fingerprint density at radius 1 is 0.633 bits per heavy atom. The van der Waals surface area contributed by atoms with Gasteiger partial charge in [-0.1, -0.05) is 48.5 Å². The van der Waals surface area contributed by atoms with Crippen molar-refractivity contribution in [1.82, 2.24) is 9.80 Å². The van der Waals surface area contributed by atoms with Gasteiger partial charge in [0.25, 0.3) is 0 Å². The third-order valence-electron chi connectivity index (χ3n) is 5.74. The first-order chi connectivity index (χ1) is 14.7. The predicted molar refractivity (Wildman–Crippen MR) is 114 cm³/mol. The maximum Gasteiger partial charge on any atom is 0.227 e. The number of ether oxygens (including phenoxy) is 2. The fourth-order valence-electron chi connectivity index (χ4n) is 4.05. The first kappa shape index (κ1) is 20.6. The molecule has 2 saturated heterocycles. The highest BCUT2D eigenvalue weighted by Crippen LogP contribution is 2.28. The van der Waals surface area contributed by atoms with Gasteiger partial charge in [-0.2, -0.15) is 0 Å². The van der Waals surface area contributed by atoms with Crippen LogP contribution in [0.5, 0.6) is 0 Å². The lowest BCUT2D eigenvalue weighted by molar-refractivity contribution is -0.135. The number of hydrogen-bond acceptors (Lipinski definition) is 4. The molecule has 2 aromatic carbocycles. The van der Waals surface area contributed by atoms with Crippen LogP contribution in [0.2, 0.25) is 0 Å². The van der Waals surface area contributed by atoms with E-state index in [4.69, 9.17) is 9.47 Å². The summed E-state index contributed by atoms with van der Waals surface area (Å²) < 4.78 is 10.7. The second-order valence-electron chi connectivity index (χ2n) is 7.65. The Labute approximate surface area is 177 Å². The van der Waals surface area contributed by atoms with Crippen LogP contribution in [-0.4, -0.2) is 74.2 Å². The largest absolute Gasteiger partial charge is 0.378 e. The predicted octanol–water partition coefficient (Wildman–Crippen LogP) is 2.16. The molecule has 0 spiro atoms. The first-order valence-corrected chi connectivity index (χ1v) is 10.6. The van der Waals surface area contributed by atoms with Crippen molar-refractivity contribution in [2.24, 2.45) is 0 Å². The Hall–Kier alpha value is -2.70. The number of rotatable bonds is 5. The Bertz CT molecular complexity index is 813. The molecule has 0 N–H and O–H groups in total. The minimum absolute atomic E-state index is 0.118. The van der Waals surface area contributed by atoms with E-state index in [1.165, 1.54) is 0 Å². The summed E-state index contributed by atoms with van der Waals surface area (Å²) in [6, 6.07) is 16.0. The standard InChI is InChI=1S/C24H28N2O4/c27-23(25-9-13-29-14-10-25)17-19-5-1-3-7-21(19)22-8-4-2-6-20(22)18-24(28)26-11-15-30-16-12-26/h1-8H,9-18H2. The fraction of sp³-hybridized carbons (Fsp3) is 0.417. The van der Waals surface area contributed by atoms with Gasteiger partial charge in [-0.25, -0.2) is 0 Å². The second-order valence-corrected chi connectivity index (χ2v) is 7.65. The first-order valence-electron chi connectivity index (χ1n) is 10.6. The summed E-state index contributed by atoms with van der Waals surface area (Å²) in [4.78, 5) is 29.4. The van der Waals surface area contributed by atoms with Crippen LogP contribution in [0.3, 0.4) is 0 Å². The minimum atomic E-state index is 0.118. The van der Waals surface area contributed by atoms with Crippen molar-refractivity contribution in [1.29, 1.82) is 0 Å². The smallest absolute Gasteiger partial charge is 0.227 e. The zero-order chi connectivity index (χ0) is 20.8. The Morgan fingerprint density at radius 3 is 1.40 bits per heavy atom. The maximum absolute atomic E-state index is 12.8. The van der Waals surface area contributed by atoms with E-state index < -0.39 is 0 Å². The molecule has 2 amide bonds. The molecule has 2 aliphatic heterocycles. The molecule has 158 valence electrons. The molecule has 6 nitrogen and oxygen atoms in total. The van der Waals surface area contributed by atoms with Gasteiger partial charge >= 0.3 is 0 Å². The van der Waals surface area contributed by atoms with Crippen molar-refractivity contribution in [2.75, 3.05) is 52.6 Å². The molecule has 4 rings (SSSR count). The molecule has 0 aliphatic carbocycles. The van der Waals surface area contributed by atoms with Crippen LogP contribution >= 0.6 is 0 Å². The highest BCUT2D eigenvalue weighted by atomic mass is 16.5. The number of benzene rings is 2. The molecule has 2 heterocycles. The summed E-state index contributed by atoms with van der Waals surface area (Å²) in [6.07, 6.45) is 0.698. The highest BCUT2D eigenvalue weighted by molar-refractivity contribution is 5.85. The monoisotopic (exact) mass is 408 g/mol. The van der Waals surface area contributed by atoms with Crippen molar-refractivity contribution < 1.29 is 19.1 Å². The average Bonchev–Trinajstić information content (AvgIpc) is 2.81. The second kappa shape index (κ2) is 9.87. The van der Waals surface area contributed by atoms with Crippen LogP contribution in [0.1, 0.15) is 11.1 Å². The third-order valence-corrected chi connectivity index (χ3v) is 5.74. The molecular weight excluding hydrogens is 380 g/mol. The van der Waals surface area contributed by atoms with E-state index >= 15 is 0 Å². The van der Waals surface area contributed by atoms with Crippen molar-refractivity contribution >= 4 is 11.8 Å². The van der Waals surface area contributed by atoms with Crippen LogP contribution in [0.15, 0.2) is 48.5 Å². The summed E-state index contributed by atoms with van der Waals surface area (Å²) in [5.74, 6) is 0.236. The summed E-state index contributed by atoms with van der Waals surface area (Å²) in [5, 5.41) is 0. The molecule has 2 aliphatic rings. The number of carbonyl (C=O) groups is 2. The molecule has 0 atom stereocenters. The zero-order valence-electron chi connectivity index (χ0n) is 17.2. The maximum atomic E-state index is 12.8. The van der Waals surface area contributed by atoms with E-state index in [2.05, 4.69) is 0 Å². The number of nitrogens with zero attached hydrogens (tertiary/aromatic N) is 2. The molecule has 6 heteroatoms. The molecule has 0 radical (unpaired) electrons. The molecule has 0 saturated carbocycles. The summed E-state index contributed by atoms with van der Waals surface area (Å²) in [5.41, 5.74) is 4.01. The third kappa shape index (κ3) is 4.89. The lowest BCUT2D eigenvalue weighted by Crippen LogP contribution is -2.41. The van der Waals surface area contributed by atoms with Gasteiger partial charge in [0.05, 0.1) is 39.3 Å². The number of hydrogen-bond donors (Lipinski definition) is 0. The van der Waals surface area contributed by atoms with Gasteiger partial charge in [0.2, 0.25) is 11.8 Å². The Balaban J connectivity index is 1.55. The average molecular weight is 408 g/mol. The van der Waals surface area contributed by atoms with Gasteiger partial charge in [-0.05, 0) is 22.3 Å². The van der Waals surface area contributed by atoms with Crippen LogP contribution in [0, 0.1) is 0 Å². The quantitative estimate of drug-likeness (QED) is 0.761.